The van der Waals surface area contributed by atoms with Gasteiger partial charge in [0.25, 0.3) is 0 Å². The monoisotopic (exact) mass is 434 g/mol. The molecule has 1 fully saturated rings. The van der Waals surface area contributed by atoms with E-state index in [1.54, 1.807) is 24.3 Å². The zero-order valence-corrected chi connectivity index (χ0v) is 18.6. The van der Waals surface area contributed by atoms with Crippen molar-refractivity contribution in [2.24, 2.45) is 5.92 Å². The summed E-state index contributed by atoms with van der Waals surface area (Å²) in [6.45, 7) is 9.84. The van der Waals surface area contributed by atoms with Crippen LogP contribution in [0.1, 0.15) is 31.1 Å². The minimum Gasteiger partial charge on any atom is -0.491 e. The standard InChI is InChI=1S/C21H30N4O4S/c1-15(2)12-25-20(24-8-10-28-11-9-24)22-23-21(25)30-14-18(27)13-29-19-6-4-17(5-7-19)16(3)26/h4-7,15,18,27H,8-14H2,1-3H3. The average Bonchev–Trinajstić information content (AvgIpc) is 3.13. The molecule has 8 nitrogen and oxygen atoms in total. The van der Waals surface area contributed by atoms with Gasteiger partial charge in [0, 0.05) is 31.0 Å². The Balaban J connectivity index is 1.56. The molecule has 1 aromatic heterocycles. The first kappa shape index (κ1) is 22.6. The van der Waals surface area contributed by atoms with Crippen LogP contribution in [-0.2, 0) is 11.3 Å². The van der Waals surface area contributed by atoms with Gasteiger partial charge in [0.15, 0.2) is 10.9 Å². The summed E-state index contributed by atoms with van der Waals surface area (Å²) >= 11 is 1.48. The van der Waals surface area contributed by atoms with E-state index in [1.807, 2.05) is 0 Å². The molecule has 1 aliphatic heterocycles. The van der Waals surface area contributed by atoms with Crippen LogP contribution < -0.4 is 9.64 Å². The molecule has 1 saturated heterocycles. The van der Waals surface area contributed by atoms with E-state index in [1.165, 1.54) is 18.7 Å². The summed E-state index contributed by atoms with van der Waals surface area (Å²) in [4.78, 5) is 13.5. The minimum atomic E-state index is -0.654. The van der Waals surface area contributed by atoms with Crippen LogP contribution in [0.15, 0.2) is 29.4 Å². The first-order valence-electron chi connectivity index (χ1n) is 10.2. The lowest BCUT2D eigenvalue weighted by Crippen LogP contribution is -2.38. The molecule has 9 heteroatoms. The van der Waals surface area contributed by atoms with Crippen molar-refractivity contribution in [3.63, 3.8) is 0 Å². The van der Waals surface area contributed by atoms with Crippen molar-refractivity contribution < 1.29 is 19.4 Å². The van der Waals surface area contributed by atoms with Gasteiger partial charge in [0.05, 0.1) is 19.3 Å². The molecule has 1 atom stereocenters. The second kappa shape index (κ2) is 10.8. The second-order valence-corrected chi connectivity index (χ2v) is 8.73. The number of aliphatic hydroxyl groups excluding tert-OH is 1. The minimum absolute atomic E-state index is 0.0138. The molecule has 1 aromatic carbocycles. The number of carbonyl (C=O) groups excluding carboxylic acids is 1. The Morgan fingerprint density at radius 3 is 2.57 bits per heavy atom. The normalized spacial score (nSPS) is 15.4. The molecule has 0 radical (unpaired) electrons. The van der Waals surface area contributed by atoms with Gasteiger partial charge in [0.2, 0.25) is 5.95 Å². The van der Waals surface area contributed by atoms with Gasteiger partial charge in [0.1, 0.15) is 12.4 Å². The maximum absolute atomic E-state index is 11.3. The zero-order valence-electron chi connectivity index (χ0n) is 17.8. The number of aromatic nitrogens is 3. The summed E-state index contributed by atoms with van der Waals surface area (Å²) in [6.07, 6.45) is -0.654. The van der Waals surface area contributed by atoms with Gasteiger partial charge in [-0.15, -0.1) is 10.2 Å². The maximum Gasteiger partial charge on any atom is 0.228 e. The Morgan fingerprint density at radius 1 is 1.23 bits per heavy atom. The highest BCUT2D eigenvalue weighted by Crippen LogP contribution is 2.25. The number of hydrogen-bond acceptors (Lipinski definition) is 8. The zero-order chi connectivity index (χ0) is 21.5. The fraction of sp³-hybridized carbons (Fsp3) is 0.571. The average molecular weight is 435 g/mol. The lowest BCUT2D eigenvalue weighted by molar-refractivity contribution is 0.101. The molecule has 0 amide bonds. The molecule has 1 aliphatic rings. The predicted octanol–water partition coefficient (Wildman–Crippen LogP) is 2.51. The number of morpholine rings is 1. The van der Waals surface area contributed by atoms with E-state index in [2.05, 4.69) is 33.5 Å². The number of benzene rings is 1. The first-order valence-corrected chi connectivity index (χ1v) is 11.2. The second-order valence-electron chi connectivity index (χ2n) is 7.74. The first-order chi connectivity index (χ1) is 14.4. The third-order valence-electron chi connectivity index (χ3n) is 4.65. The van der Waals surface area contributed by atoms with Crippen molar-refractivity contribution in [3.05, 3.63) is 29.8 Å². The Labute approximate surface area is 181 Å². The molecule has 0 saturated carbocycles. The lowest BCUT2D eigenvalue weighted by atomic mass is 10.1. The highest BCUT2D eigenvalue weighted by molar-refractivity contribution is 7.99. The van der Waals surface area contributed by atoms with E-state index < -0.39 is 6.10 Å². The molecular formula is C21H30N4O4S. The third-order valence-corrected chi connectivity index (χ3v) is 5.76. The van der Waals surface area contributed by atoms with Crippen LogP contribution in [-0.4, -0.2) is 70.4 Å². The number of nitrogens with zero attached hydrogens (tertiary/aromatic N) is 4. The number of ketones is 1. The van der Waals surface area contributed by atoms with Gasteiger partial charge < -0.3 is 19.5 Å². The van der Waals surface area contributed by atoms with E-state index in [-0.39, 0.29) is 12.4 Å². The molecule has 1 unspecified atom stereocenters. The summed E-state index contributed by atoms with van der Waals surface area (Å²) in [5.41, 5.74) is 0.638. The number of carbonyl (C=O) groups is 1. The summed E-state index contributed by atoms with van der Waals surface area (Å²) in [7, 11) is 0. The summed E-state index contributed by atoms with van der Waals surface area (Å²) in [6, 6.07) is 6.93. The van der Waals surface area contributed by atoms with E-state index in [9.17, 15) is 9.90 Å². The number of Topliss-reactive ketones (excluding diaryl/α,β-unsaturated/α-hetero) is 1. The highest BCUT2D eigenvalue weighted by atomic mass is 32.2. The maximum atomic E-state index is 11.3. The van der Waals surface area contributed by atoms with Crippen LogP contribution in [0.3, 0.4) is 0 Å². The van der Waals surface area contributed by atoms with Crippen LogP contribution in [0.2, 0.25) is 0 Å². The topological polar surface area (TPSA) is 89.7 Å². The SMILES string of the molecule is CC(=O)c1ccc(OCC(O)CSc2nnc(N3CCOCC3)n2CC(C)C)cc1. The van der Waals surface area contributed by atoms with Crippen molar-refractivity contribution in [2.75, 3.05) is 43.6 Å². The fourth-order valence-corrected chi connectivity index (χ4v) is 3.96. The van der Waals surface area contributed by atoms with Gasteiger partial charge in [-0.25, -0.2) is 0 Å². The molecule has 0 aliphatic carbocycles. The molecule has 1 N–H and O–H groups in total. The summed E-state index contributed by atoms with van der Waals surface area (Å²) < 4.78 is 13.2. The Kier molecular flexibility index (Phi) is 8.12. The molecule has 2 heterocycles. The Hall–Kier alpha value is -2.10. The summed E-state index contributed by atoms with van der Waals surface area (Å²) in [5.74, 6) is 2.41. The van der Waals surface area contributed by atoms with E-state index in [0.717, 1.165) is 30.7 Å². The van der Waals surface area contributed by atoms with Gasteiger partial charge >= 0.3 is 0 Å². The van der Waals surface area contributed by atoms with Crippen molar-refractivity contribution in [2.45, 2.75) is 38.6 Å². The van der Waals surface area contributed by atoms with Crippen LogP contribution in [0.4, 0.5) is 5.95 Å². The van der Waals surface area contributed by atoms with Crippen molar-refractivity contribution >= 4 is 23.5 Å². The largest absolute Gasteiger partial charge is 0.491 e. The van der Waals surface area contributed by atoms with Gasteiger partial charge in [-0.3, -0.25) is 9.36 Å². The van der Waals surface area contributed by atoms with Crippen LogP contribution in [0.5, 0.6) is 5.75 Å². The smallest absolute Gasteiger partial charge is 0.228 e. The van der Waals surface area contributed by atoms with E-state index >= 15 is 0 Å². The van der Waals surface area contributed by atoms with E-state index in [0.29, 0.717) is 36.2 Å². The highest BCUT2D eigenvalue weighted by Gasteiger charge is 2.21. The molecule has 164 valence electrons. The molecule has 3 rings (SSSR count). The van der Waals surface area contributed by atoms with Crippen LogP contribution in [0.25, 0.3) is 0 Å². The molecule has 0 bridgehead atoms. The fourth-order valence-electron chi connectivity index (χ4n) is 3.11. The van der Waals surface area contributed by atoms with Gasteiger partial charge in [-0.05, 0) is 37.1 Å². The molecule has 2 aromatic rings. The molecular weight excluding hydrogens is 404 g/mol. The number of hydrogen-bond donors (Lipinski definition) is 1. The van der Waals surface area contributed by atoms with E-state index in [4.69, 9.17) is 9.47 Å². The lowest BCUT2D eigenvalue weighted by Gasteiger charge is -2.28. The summed E-state index contributed by atoms with van der Waals surface area (Å²) in [5, 5.41) is 19.9. The molecule has 0 spiro atoms. The number of thioether (sulfide) groups is 1. The van der Waals surface area contributed by atoms with Crippen molar-refractivity contribution in [3.8, 4) is 5.75 Å². The quantitative estimate of drug-likeness (QED) is 0.451. The van der Waals surface area contributed by atoms with Crippen molar-refractivity contribution in [1.82, 2.24) is 14.8 Å². The number of aliphatic hydroxyl groups is 1. The number of anilines is 1. The van der Waals surface area contributed by atoms with Gasteiger partial charge in [-0.1, -0.05) is 25.6 Å². The Bertz CT molecular complexity index is 819. The number of ether oxygens (including phenoxy) is 2. The van der Waals surface area contributed by atoms with Crippen LogP contribution in [0, 0.1) is 5.92 Å². The third kappa shape index (κ3) is 6.20. The molecule has 30 heavy (non-hydrogen) atoms. The van der Waals surface area contributed by atoms with Crippen LogP contribution >= 0.6 is 11.8 Å². The Morgan fingerprint density at radius 2 is 1.93 bits per heavy atom. The van der Waals surface area contributed by atoms with Crippen molar-refractivity contribution in [1.29, 1.82) is 0 Å². The number of rotatable bonds is 10. The predicted molar refractivity (Wildman–Crippen MR) is 117 cm³/mol. The van der Waals surface area contributed by atoms with Gasteiger partial charge in [-0.2, -0.15) is 0 Å².